The molecular formula is C35H35Cl2N5O5S2. The van der Waals surface area contributed by atoms with Crippen LogP contribution in [0.3, 0.4) is 0 Å². The van der Waals surface area contributed by atoms with E-state index in [1.54, 1.807) is 58.5 Å². The van der Waals surface area contributed by atoms with Crippen LogP contribution < -0.4 is 15.7 Å². The topological polar surface area (TPSA) is 132 Å². The maximum Gasteiger partial charge on any atom is 0.351 e. The highest BCUT2D eigenvalue weighted by Gasteiger charge is 2.24. The zero-order valence-electron chi connectivity index (χ0n) is 26.9. The second kappa shape index (κ2) is 16.0. The van der Waals surface area contributed by atoms with Gasteiger partial charge in [-0.15, -0.1) is 16.4 Å². The van der Waals surface area contributed by atoms with Gasteiger partial charge in [-0.25, -0.2) is 17.9 Å². The molecule has 0 bridgehead atoms. The molecule has 49 heavy (non-hydrogen) atoms. The van der Waals surface area contributed by atoms with Crippen LogP contribution in [-0.4, -0.2) is 34.6 Å². The van der Waals surface area contributed by atoms with E-state index < -0.39 is 15.9 Å². The Morgan fingerprint density at radius 1 is 0.918 bits per heavy atom. The van der Waals surface area contributed by atoms with Gasteiger partial charge in [-0.2, -0.15) is 4.68 Å². The molecule has 3 aromatic carbocycles. The maximum atomic E-state index is 13.8. The number of nitrogens with zero attached hydrogens (tertiary/aromatic N) is 3. The van der Waals surface area contributed by atoms with Crippen LogP contribution >= 0.6 is 34.5 Å². The Morgan fingerprint density at radius 3 is 2.35 bits per heavy atom. The summed E-state index contributed by atoms with van der Waals surface area (Å²) in [6, 6.07) is 20.0. The lowest BCUT2D eigenvalue weighted by atomic mass is 10.0. The molecule has 0 aliphatic carbocycles. The number of carbonyl (C=O) groups is 2. The number of hydrogen-bond donors (Lipinski definition) is 2. The first kappa shape index (κ1) is 36.1. The molecule has 5 aromatic rings. The predicted octanol–water partition coefficient (Wildman–Crippen LogP) is 7.71. The standard InChI is InChI=1S/C35H35Cl2N5O5S2/c1-3-5-11-31-39-42(29-21-25(17-18-27(29)36)38-32(43)12-6-4-2)35(45)41(31)22-23-13-15-24(16-14-23)26-9-7-8-10-30(26)49(46,47)40-34(44)33-28(37)19-20-48-33/h7-10,13-21H,3-6,11-12,22H2,1-2H3,(H,38,43)(H,40,44). The van der Waals surface area contributed by atoms with Crippen molar-refractivity contribution in [3.63, 3.8) is 0 Å². The zero-order chi connectivity index (χ0) is 35.1. The lowest BCUT2D eigenvalue weighted by Gasteiger charge is -2.12. The van der Waals surface area contributed by atoms with Crippen molar-refractivity contribution < 1.29 is 18.0 Å². The Labute approximate surface area is 298 Å². The Balaban J connectivity index is 1.42. The summed E-state index contributed by atoms with van der Waals surface area (Å²) < 4.78 is 31.6. The normalized spacial score (nSPS) is 11.4. The Morgan fingerprint density at radius 2 is 1.65 bits per heavy atom. The van der Waals surface area contributed by atoms with Gasteiger partial charge in [0.1, 0.15) is 10.7 Å². The number of rotatable bonds is 14. The average Bonchev–Trinajstić information content (AvgIpc) is 3.66. The zero-order valence-corrected chi connectivity index (χ0v) is 30.1. The fourth-order valence-corrected chi connectivity index (χ4v) is 7.66. The molecule has 2 aromatic heterocycles. The van der Waals surface area contributed by atoms with E-state index in [0.29, 0.717) is 46.2 Å². The molecular weight excluding hydrogens is 705 g/mol. The number of halogens is 2. The maximum absolute atomic E-state index is 13.8. The number of aryl methyl sites for hydroxylation is 1. The quantitative estimate of drug-likeness (QED) is 0.120. The van der Waals surface area contributed by atoms with Crippen LogP contribution in [0, 0.1) is 0 Å². The molecule has 0 atom stereocenters. The smallest absolute Gasteiger partial charge is 0.326 e. The van der Waals surface area contributed by atoms with Gasteiger partial charge in [0.15, 0.2) is 0 Å². The highest BCUT2D eigenvalue weighted by atomic mass is 35.5. The third-order valence-corrected chi connectivity index (χ3v) is 10.8. The first-order chi connectivity index (χ1) is 23.5. The first-order valence-corrected chi connectivity index (χ1v) is 18.9. The van der Waals surface area contributed by atoms with Gasteiger partial charge in [-0.1, -0.05) is 92.4 Å². The van der Waals surface area contributed by atoms with Crippen LogP contribution in [0.5, 0.6) is 0 Å². The molecule has 256 valence electrons. The van der Waals surface area contributed by atoms with Gasteiger partial charge < -0.3 is 5.32 Å². The number of carbonyl (C=O) groups excluding carboxylic acids is 2. The lowest BCUT2D eigenvalue weighted by molar-refractivity contribution is -0.116. The van der Waals surface area contributed by atoms with Gasteiger partial charge in [-0.05, 0) is 59.7 Å². The summed E-state index contributed by atoms with van der Waals surface area (Å²) in [5.74, 6) is -0.337. The summed E-state index contributed by atoms with van der Waals surface area (Å²) >= 11 is 13.6. The minimum absolute atomic E-state index is 0.0659. The molecule has 2 heterocycles. The number of sulfonamides is 1. The van der Waals surface area contributed by atoms with Crippen molar-refractivity contribution in [1.82, 2.24) is 19.1 Å². The number of hydrogen-bond acceptors (Lipinski definition) is 7. The number of aromatic nitrogens is 3. The van der Waals surface area contributed by atoms with Crippen molar-refractivity contribution in [2.24, 2.45) is 0 Å². The average molecular weight is 741 g/mol. The monoisotopic (exact) mass is 739 g/mol. The summed E-state index contributed by atoms with van der Waals surface area (Å²) in [5, 5.41) is 9.62. The second-order valence-corrected chi connectivity index (χ2v) is 14.7. The van der Waals surface area contributed by atoms with Crippen LogP contribution in [-0.2, 0) is 27.8 Å². The van der Waals surface area contributed by atoms with Gasteiger partial charge >= 0.3 is 5.69 Å². The molecule has 2 N–H and O–H groups in total. The van der Waals surface area contributed by atoms with Crippen LogP contribution in [0.15, 0.2) is 87.9 Å². The number of thiophene rings is 1. The van der Waals surface area contributed by atoms with Crippen molar-refractivity contribution in [3.05, 3.63) is 115 Å². The van der Waals surface area contributed by atoms with E-state index in [1.165, 1.54) is 16.8 Å². The summed E-state index contributed by atoms with van der Waals surface area (Å²) in [5.41, 5.74) is 2.28. The Kier molecular flexibility index (Phi) is 11.8. The molecule has 14 heteroatoms. The number of unbranched alkanes of at least 4 members (excludes halogenated alkanes) is 2. The highest BCUT2D eigenvalue weighted by Crippen LogP contribution is 2.29. The van der Waals surface area contributed by atoms with Crippen LogP contribution in [0.25, 0.3) is 16.8 Å². The fraction of sp³-hybridized carbons (Fsp3) is 0.257. The molecule has 10 nitrogen and oxygen atoms in total. The Bertz CT molecular complexity index is 2140. The number of nitrogens with one attached hydrogen (secondary N) is 2. The summed E-state index contributed by atoms with van der Waals surface area (Å²) in [7, 11) is -4.24. The van der Waals surface area contributed by atoms with Gasteiger partial charge in [0.2, 0.25) is 5.91 Å². The van der Waals surface area contributed by atoms with E-state index in [1.807, 2.05) is 19.1 Å². The van der Waals surface area contributed by atoms with Gasteiger partial charge in [0.05, 0.1) is 27.2 Å². The number of anilines is 1. The van der Waals surface area contributed by atoms with E-state index in [2.05, 4.69) is 22.1 Å². The van der Waals surface area contributed by atoms with Crippen molar-refractivity contribution in [1.29, 1.82) is 0 Å². The molecule has 0 aliphatic rings. The lowest BCUT2D eigenvalue weighted by Crippen LogP contribution is -2.30. The third-order valence-electron chi connectivity index (χ3n) is 7.74. The van der Waals surface area contributed by atoms with Crippen molar-refractivity contribution >= 4 is 62.1 Å². The van der Waals surface area contributed by atoms with Gasteiger partial charge in [-0.3, -0.25) is 14.2 Å². The van der Waals surface area contributed by atoms with Gasteiger partial charge in [0.25, 0.3) is 15.9 Å². The van der Waals surface area contributed by atoms with Crippen LogP contribution in [0.4, 0.5) is 5.69 Å². The second-order valence-electron chi connectivity index (χ2n) is 11.3. The van der Waals surface area contributed by atoms with E-state index >= 15 is 0 Å². The highest BCUT2D eigenvalue weighted by molar-refractivity contribution is 7.90. The molecule has 0 fully saturated rings. The summed E-state index contributed by atoms with van der Waals surface area (Å²) in [6.07, 6.45) is 4.35. The van der Waals surface area contributed by atoms with Crippen molar-refractivity contribution in [2.45, 2.75) is 63.8 Å². The predicted molar refractivity (Wildman–Crippen MR) is 195 cm³/mol. The molecule has 0 saturated carbocycles. The minimum Gasteiger partial charge on any atom is -0.326 e. The number of benzene rings is 3. The molecule has 5 rings (SSSR count). The molecule has 0 spiro atoms. The van der Waals surface area contributed by atoms with E-state index in [-0.39, 0.29) is 32.9 Å². The summed E-state index contributed by atoms with van der Waals surface area (Å²) in [6.45, 7) is 4.28. The molecule has 0 unspecified atom stereocenters. The van der Waals surface area contributed by atoms with E-state index in [4.69, 9.17) is 23.2 Å². The fourth-order valence-electron chi connectivity index (χ4n) is 5.18. The molecule has 0 radical (unpaired) electrons. The molecule has 2 amide bonds. The van der Waals surface area contributed by atoms with Gasteiger partial charge in [0, 0.05) is 24.1 Å². The van der Waals surface area contributed by atoms with Crippen LogP contribution in [0.2, 0.25) is 10.0 Å². The minimum atomic E-state index is -4.24. The van der Waals surface area contributed by atoms with Crippen LogP contribution in [0.1, 0.15) is 67.0 Å². The largest absolute Gasteiger partial charge is 0.351 e. The van der Waals surface area contributed by atoms with E-state index in [0.717, 1.165) is 42.6 Å². The van der Waals surface area contributed by atoms with E-state index in [9.17, 15) is 22.8 Å². The molecule has 0 saturated heterocycles. The molecule has 0 aliphatic heterocycles. The Hall–Kier alpha value is -4.23. The first-order valence-electron chi connectivity index (χ1n) is 15.8. The van der Waals surface area contributed by atoms with Crippen molar-refractivity contribution in [2.75, 3.05) is 5.32 Å². The SMILES string of the molecule is CCCCC(=O)Nc1ccc(Cl)c(-n2nc(CCCC)n(Cc3ccc(-c4ccccc4S(=O)(=O)NC(=O)c4sccc4Cl)cc3)c2=O)c1. The number of amides is 2. The third kappa shape index (κ3) is 8.50. The van der Waals surface area contributed by atoms with Crippen molar-refractivity contribution in [3.8, 4) is 16.8 Å². The summed E-state index contributed by atoms with van der Waals surface area (Å²) in [4.78, 5) is 38.9.